The average Bonchev–Trinajstić information content (AvgIpc) is 2.46. The van der Waals surface area contributed by atoms with E-state index in [4.69, 9.17) is 9.47 Å². The fourth-order valence-corrected chi connectivity index (χ4v) is 2.54. The molecule has 20 heavy (non-hydrogen) atoms. The first-order valence-electron chi connectivity index (χ1n) is 6.77. The summed E-state index contributed by atoms with van der Waals surface area (Å²) >= 11 is 0. The highest BCUT2D eigenvalue weighted by Crippen LogP contribution is 2.24. The molecule has 1 saturated heterocycles. The van der Waals surface area contributed by atoms with E-state index >= 15 is 0 Å². The number of carbonyl (C=O) groups excluding carboxylic acids is 1. The van der Waals surface area contributed by atoms with Crippen LogP contribution in [0.2, 0.25) is 0 Å². The van der Waals surface area contributed by atoms with Crippen LogP contribution in [0.4, 0.5) is 0 Å². The zero-order valence-corrected chi connectivity index (χ0v) is 12.5. The van der Waals surface area contributed by atoms with Crippen molar-refractivity contribution in [1.29, 1.82) is 0 Å². The molecule has 5 nitrogen and oxygen atoms in total. The molecule has 0 aliphatic carbocycles. The number of hydrogen-bond acceptors (Lipinski definition) is 4. The lowest BCUT2D eigenvalue weighted by atomic mass is 10.1. The molecule has 110 valence electrons. The molecule has 1 atom stereocenters. The van der Waals surface area contributed by atoms with Gasteiger partial charge in [-0.15, -0.1) is 0 Å². The predicted octanol–water partition coefficient (Wildman–Crippen LogP) is 1.48. The fraction of sp³-hybridized carbons (Fsp3) is 0.533. The minimum atomic E-state index is 0.0304. The van der Waals surface area contributed by atoms with E-state index in [0.717, 1.165) is 19.6 Å². The van der Waals surface area contributed by atoms with Crippen molar-refractivity contribution in [3.8, 4) is 11.5 Å². The summed E-state index contributed by atoms with van der Waals surface area (Å²) in [6.07, 6.45) is 0. The lowest BCUT2D eigenvalue weighted by Gasteiger charge is -2.38. The molecule has 1 aromatic carbocycles. The van der Waals surface area contributed by atoms with Crippen molar-refractivity contribution in [1.82, 2.24) is 9.80 Å². The zero-order valence-electron chi connectivity index (χ0n) is 12.5. The summed E-state index contributed by atoms with van der Waals surface area (Å²) in [6, 6.07) is 5.49. The van der Waals surface area contributed by atoms with Crippen LogP contribution in [-0.2, 0) is 0 Å². The van der Waals surface area contributed by atoms with E-state index in [1.54, 1.807) is 32.4 Å². The number of hydrogen-bond donors (Lipinski definition) is 0. The number of methoxy groups -OCH3 is 2. The van der Waals surface area contributed by atoms with Gasteiger partial charge in [0.15, 0.2) is 0 Å². The lowest BCUT2D eigenvalue weighted by molar-refractivity contribution is 0.0533. The van der Waals surface area contributed by atoms with E-state index in [2.05, 4.69) is 18.9 Å². The molecule has 1 aromatic rings. The zero-order chi connectivity index (χ0) is 14.7. The maximum Gasteiger partial charge on any atom is 0.254 e. The van der Waals surface area contributed by atoms with Gasteiger partial charge < -0.3 is 19.3 Å². The van der Waals surface area contributed by atoms with Gasteiger partial charge >= 0.3 is 0 Å². The monoisotopic (exact) mass is 278 g/mol. The van der Waals surface area contributed by atoms with E-state index in [0.29, 0.717) is 17.1 Å². The number of rotatable bonds is 3. The van der Waals surface area contributed by atoms with E-state index < -0.39 is 0 Å². The van der Waals surface area contributed by atoms with Crippen molar-refractivity contribution < 1.29 is 14.3 Å². The Labute approximate surface area is 120 Å². The summed E-state index contributed by atoms with van der Waals surface area (Å²) in [7, 11) is 5.25. The molecule has 0 N–H and O–H groups in total. The standard InChI is InChI=1S/C15H22N2O3/c1-11-10-16(2)5-6-17(11)15(18)12-7-13(19-3)9-14(8-12)20-4/h7-9,11H,5-6,10H2,1-4H3. The van der Waals surface area contributed by atoms with Crippen molar-refractivity contribution in [2.24, 2.45) is 0 Å². The van der Waals surface area contributed by atoms with Crippen molar-refractivity contribution in [2.45, 2.75) is 13.0 Å². The third kappa shape index (κ3) is 3.04. The Kier molecular flexibility index (Phi) is 4.49. The highest BCUT2D eigenvalue weighted by molar-refractivity contribution is 5.95. The van der Waals surface area contributed by atoms with Gasteiger partial charge in [-0.1, -0.05) is 0 Å². The van der Waals surface area contributed by atoms with Crippen molar-refractivity contribution in [3.05, 3.63) is 23.8 Å². The number of piperazine rings is 1. The number of benzene rings is 1. The van der Waals surface area contributed by atoms with Gasteiger partial charge in [0.05, 0.1) is 14.2 Å². The van der Waals surface area contributed by atoms with E-state index in [1.165, 1.54) is 0 Å². The van der Waals surface area contributed by atoms with Crippen LogP contribution in [0.5, 0.6) is 11.5 Å². The Hall–Kier alpha value is -1.75. The Morgan fingerprint density at radius 1 is 1.15 bits per heavy atom. The Balaban J connectivity index is 2.24. The largest absolute Gasteiger partial charge is 0.497 e. The molecule has 1 fully saturated rings. The van der Waals surface area contributed by atoms with E-state index in [-0.39, 0.29) is 11.9 Å². The van der Waals surface area contributed by atoms with Crippen LogP contribution in [0.1, 0.15) is 17.3 Å². The van der Waals surface area contributed by atoms with Crippen LogP contribution in [0, 0.1) is 0 Å². The molecule has 0 aromatic heterocycles. The van der Waals surface area contributed by atoms with Gasteiger partial charge in [0.2, 0.25) is 0 Å². The van der Waals surface area contributed by atoms with Crippen LogP contribution in [0.15, 0.2) is 18.2 Å². The summed E-state index contributed by atoms with van der Waals surface area (Å²) in [4.78, 5) is 16.8. The summed E-state index contributed by atoms with van der Waals surface area (Å²) < 4.78 is 10.4. The summed E-state index contributed by atoms with van der Waals surface area (Å²) in [5.41, 5.74) is 0.609. The highest BCUT2D eigenvalue weighted by atomic mass is 16.5. The lowest BCUT2D eigenvalue weighted by Crippen LogP contribution is -2.52. The molecule has 1 aliphatic heterocycles. The molecule has 0 bridgehead atoms. The van der Waals surface area contributed by atoms with Gasteiger partial charge in [0.1, 0.15) is 11.5 Å². The first kappa shape index (κ1) is 14.7. The molecule has 1 aliphatic rings. The molecule has 1 heterocycles. The van der Waals surface area contributed by atoms with Crippen molar-refractivity contribution in [3.63, 3.8) is 0 Å². The Bertz CT molecular complexity index is 468. The molecule has 1 amide bonds. The molecule has 0 saturated carbocycles. The molecular weight excluding hydrogens is 256 g/mol. The molecule has 0 spiro atoms. The minimum absolute atomic E-state index is 0.0304. The summed E-state index contributed by atoms with van der Waals surface area (Å²) in [5, 5.41) is 0. The molecule has 5 heteroatoms. The van der Waals surface area contributed by atoms with Crippen LogP contribution >= 0.6 is 0 Å². The summed E-state index contributed by atoms with van der Waals surface area (Å²) in [5.74, 6) is 1.30. The van der Waals surface area contributed by atoms with E-state index in [1.807, 2.05) is 4.90 Å². The second kappa shape index (κ2) is 6.13. The van der Waals surface area contributed by atoms with Gasteiger partial charge in [-0.2, -0.15) is 0 Å². The number of amides is 1. The molecule has 0 radical (unpaired) electrons. The fourth-order valence-electron chi connectivity index (χ4n) is 2.54. The topological polar surface area (TPSA) is 42.0 Å². The number of carbonyl (C=O) groups is 1. The second-order valence-corrected chi connectivity index (χ2v) is 5.21. The van der Waals surface area contributed by atoms with Gasteiger partial charge in [0, 0.05) is 37.3 Å². The maximum absolute atomic E-state index is 12.6. The van der Waals surface area contributed by atoms with Crippen LogP contribution in [0.25, 0.3) is 0 Å². The third-order valence-electron chi connectivity index (χ3n) is 3.69. The quantitative estimate of drug-likeness (QED) is 0.840. The summed E-state index contributed by atoms with van der Waals surface area (Å²) in [6.45, 7) is 4.62. The van der Waals surface area contributed by atoms with Crippen LogP contribution < -0.4 is 9.47 Å². The smallest absolute Gasteiger partial charge is 0.254 e. The first-order chi connectivity index (χ1) is 9.55. The van der Waals surface area contributed by atoms with E-state index in [9.17, 15) is 4.79 Å². The van der Waals surface area contributed by atoms with Gasteiger partial charge in [-0.05, 0) is 26.1 Å². The van der Waals surface area contributed by atoms with Crippen molar-refractivity contribution in [2.75, 3.05) is 40.9 Å². The molecule has 2 rings (SSSR count). The van der Waals surface area contributed by atoms with Gasteiger partial charge in [-0.25, -0.2) is 0 Å². The number of ether oxygens (including phenoxy) is 2. The predicted molar refractivity (Wildman–Crippen MR) is 77.5 cm³/mol. The maximum atomic E-state index is 12.6. The highest BCUT2D eigenvalue weighted by Gasteiger charge is 2.27. The Morgan fingerprint density at radius 3 is 2.25 bits per heavy atom. The third-order valence-corrected chi connectivity index (χ3v) is 3.69. The second-order valence-electron chi connectivity index (χ2n) is 5.21. The van der Waals surface area contributed by atoms with Crippen LogP contribution in [0.3, 0.4) is 0 Å². The first-order valence-corrected chi connectivity index (χ1v) is 6.77. The average molecular weight is 278 g/mol. The van der Waals surface area contributed by atoms with Crippen LogP contribution in [-0.4, -0.2) is 62.7 Å². The van der Waals surface area contributed by atoms with Gasteiger partial charge in [0.25, 0.3) is 5.91 Å². The number of likely N-dealkylation sites (N-methyl/N-ethyl adjacent to an activating group) is 1. The molecular formula is C15H22N2O3. The minimum Gasteiger partial charge on any atom is -0.497 e. The number of nitrogens with zero attached hydrogens (tertiary/aromatic N) is 2. The van der Waals surface area contributed by atoms with Crippen molar-refractivity contribution >= 4 is 5.91 Å². The molecule has 1 unspecified atom stereocenters. The SMILES string of the molecule is COc1cc(OC)cc(C(=O)N2CCN(C)CC2C)c1. The normalized spacial score (nSPS) is 19.8. The van der Waals surface area contributed by atoms with Gasteiger partial charge in [-0.3, -0.25) is 4.79 Å². The Morgan fingerprint density at radius 2 is 1.75 bits per heavy atom.